The molecule has 1 aliphatic heterocycles. The van der Waals surface area contributed by atoms with Crippen molar-refractivity contribution in [2.75, 3.05) is 11.6 Å². The Bertz CT molecular complexity index is 1190. The van der Waals surface area contributed by atoms with Crippen LogP contribution in [0.5, 0.6) is 0 Å². The van der Waals surface area contributed by atoms with Crippen molar-refractivity contribution < 1.29 is 18.0 Å². The second-order valence-corrected chi connectivity index (χ2v) is 11.5. The number of carbonyl (C=O) groups is 2. The summed E-state index contributed by atoms with van der Waals surface area (Å²) in [6, 6.07) is 8.95. The number of Topliss-reactive ketones (excluding diaryl/α,β-unsaturated/α-hetero) is 1. The van der Waals surface area contributed by atoms with Crippen LogP contribution in [-0.2, 0) is 21.4 Å². The van der Waals surface area contributed by atoms with Gasteiger partial charge < -0.3 is 5.32 Å². The minimum Gasteiger partial charge on any atom is -0.349 e. The lowest BCUT2D eigenvalue weighted by Crippen LogP contribution is -2.46. The van der Waals surface area contributed by atoms with Crippen LogP contribution in [-0.4, -0.2) is 47.1 Å². The maximum atomic E-state index is 13.1. The zero-order valence-electron chi connectivity index (χ0n) is 16.5. The lowest BCUT2D eigenvalue weighted by molar-refractivity contribution is -0.124. The number of carbonyl (C=O) groups excluding carboxylic acids is 2. The molecule has 1 saturated heterocycles. The Morgan fingerprint density at radius 1 is 1.19 bits per heavy atom. The number of hydrogen-bond acceptors (Lipinski definition) is 8. The number of aromatic nitrogens is 1. The van der Waals surface area contributed by atoms with Gasteiger partial charge in [-0.15, -0.1) is 34.4 Å². The highest BCUT2D eigenvalue weighted by Crippen LogP contribution is 2.30. The highest BCUT2D eigenvalue weighted by Gasteiger charge is 2.40. The smallest absolute Gasteiger partial charge is 0.244 e. The van der Waals surface area contributed by atoms with Crippen LogP contribution in [0.3, 0.4) is 0 Å². The largest absolute Gasteiger partial charge is 0.349 e. The van der Waals surface area contributed by atoms with Crippen LogP contribution < -0.4 is 5.32 Å². The van der Waals surface area contributed by atoms with Crippen molar-refractivity contribution in [3.63, 3.8) is 0 Å². The van der Waals surface area contributed by atoms with E-state index in [4.69, 9.17) is 0 Å². The number of nitrogens with one attached hydrogen (secondary N) is 1. The Balaban J connectivity index is 1.43. The Kier molecular flexibility index (Phi) is 6.58. The molecule has 0 aliphatic carbocycles. The molecule has 0 unspecified atom stereocenters. The van der Waals surface area contributed by atoms with E-state index in [0.29, 0.717) is 11.3 Å². The van der Waals surface area contributed by atoms with Gasteiger partial charge in [-0.05, 0) is 30.5 Å². The first-order chi connectivity index (χ1) is 14.9. The van der Waals surface area contributed by atoms with Crippen LogP contribution in [0.15, 0.2) is 52.1 Å². The van der Waals surface area contributed by atoms with Gasteiger partial charge in [-0.3, -0.25) is 9.59 Å². The van der Waals surface area contributed by atoms with E-state index in [1.165, 1.54) is 58.6 Å². The molecule has 1 atom stereocenters. The molecule has 7 nitrogen and oxygen atoms in total. The van der Waals surface area contributed by atoms with Crippen molar-refractivity contribution in [2.45, 2.75) is 24.4 Å². The topological polar surface area (TPSA) is 96.4 Å². The highest BCUT2D eigenvalue weighted by molar-refractivity contribution is 8.00. The summed E-state index contributed by atoms with van der Waals surface area (Å²) in [6.07, 6.45) is 0. The maximum Gasteiger partial charge on any atom is 0.244 e. The van der Waals surface area contributed by atoms with E-state index in [9.17, 15) is 18.0 Å². The van der Waals surface area contributed by atoms with E-state index in [1.807, 2.05) is 22.9 Å². The number of rotatable bonds is 7. The predicted molar refractivity (Wildman–Crippen MR) is 124 cm³/mol. The van der Waals surface area contributed by atoms with Gasteiger partial charge in [-0.25, -0.2) is 13.4 Å². The Labute approximate surface area is 192 Å². The van der Waals surface area contributed by atoms with Gasteiger partial charge in [-0.1, -0.05) is 18.2 Å². The fraction of sp³-hybridized carbons (Fsp3) is 0.250. The number of amides is 1. The Hall–Kier alpha value is -2.05. The fourth-order valence-electron chi connectivity index (χ4n) is 3.06. The summed E-state index contributed by atoms with van der Waals surface area (Å²) < 4.78 is 27.4. The SMILES string of the molecule is CC(=O)c1ccc(S(=O)(=O)N2CSC[C@@H]2C(=O)NCc2csc(-c3cccs3)n2)cc1. The Morgan fingerprint density at radius 3 is 2.65 bits per heavy atom. The normalized spacial score (nSPS) is 17.0. The molecular formula is C20H19N3O4S4. The third kappa shape index (κ3) is 4.75. The summed E-state index contributed by atoms with van der Waals surface area (Å²) in [5.41, 5.74) is 1.18. The molecule has 1 fully saturated rings. The lowest BCUT2D eigenvalue weighted by atomic mass is 10.2. The number of thiophene rings is 1. The Morgan fingerprint density at radius 2 is 1.97 bits per heavy atom. The molecule has 1 aromatic carbocycles. The minimum absolute atomic E-state index is 0.0675. The number of nitrogens with zero attached hydrogens (tertiary/aromatic N) is 2. The van der Waals surface area contributed by atoms with Crippen molar-refractivity contribution in [3.05, 3.63) is 58.4 Å². The molecule has 0 saturated carbocycles. The molecule has 4 rings (SSSR count). The molecule has 11 heteroatoms. The summed E-state index contributed by atoms with van der Waals surface area (Å²) in [7, 11) is -3.86. The number of hydrogen-bond donors (Lipinski definition) is 1. The number of thiazole rings is 1. The summed E-state index contributed by atoms with van der Waals surface area (Å²) in [5.74, 6) is 0.101. The third-order valence-corrected chi connectivity index (χ3v) is 9.71. The second-order valence-electron chi connectivity index (χ2n) is 6.83. The first-order valence-corrected chi connectivity index (χ1v) is 13.7. The van der Waals surface area contributed by atoms with Gasteiger partial charge in [0.05, 0.1) is 27.9 Å². The molecule has 31 heavy (non-hydrogen) atoms. The van der Waals surface area contributed by atoms with Crippen molar-refractivity contribution in [1.82, 2.24) is 14.6 Å². The first-order valence-electron chi connectivity index (χ1n) is 9.33. The van der Waals surface area contributed by atoms with Crippen LogP contribution in [0.4, 0.5) is 0 Å². The second kappa shape index (κ2) is 9.21. The molecule has 1 N–H and O–H groups in total. The summed E-state index contributed by atoms with van der Waals surface area (Å²) in [6.45, 7) is 1.66. The molecule has 162 valence electrons. The molecule has 1 aliphatic rings. The van der Waals surface area contributed by atoms with Crippen LogP contribution in [0, 0.1) is 0 Å². The monoisotopic (exact) mass is 493 g/mol. The number of thioether (sulfide) groups is 1. The molecule has 0 spiro atoms. The average Bonchev–Trinajstić information content (AvgIpc) is 3.53. The van der Waals surface area contributed by atoms with Gasteiger partial charge in [0.2, 0.25) is 15.9 Å². The molecule has 1 amide bonds. The number of ketones is 1. The average molecular weight is 494 g/mol. The number of sulfonamides is 1. The van der Waals surface area contributed by atoms with E-state index in [-0.39, 0.29) is 29.0 Å². The van der Waals surface area contributed by atoms with Crippen molar-refractivity contribution in [1.29, 1.82) is 0 Å². The summed E-state index contributed by atoms with van der Waals surface area (Å²) >= 11 is 4.51. The minimum atomic E-state index is -3.86. The van der Waals surface area contributed by atoms with E-state index >= 15 is 0 Å². The van der Waals surface area contributed by atoms with Gasteiger partial charge in [0.1, 0.15) is 11.0 Å². The predicted octanol–water partition coefficient (Wildman–Crippen LogP) is 3.45. The van der Waals surface area contributed by atoms with Crippen LogP contribution in [0.2, 0.25) is 0 Å². The van der Waals surface area contributed by atoms with Gasteiger partial charge in [-0.2, -0.15) is 4.31 Å². The van der Waals surface area contributed by atoms with E-state index < -0.39 is 16.1 Å². The van der Waals surface area contributed by atoms with Crippen molar-refractivity contribution in [2.24, 2.45) is 0 Å². The zero-order valence-corrected chi connectivity index (χ0v) is 19.7. The van der Waals surface area contributed by atoms with E-state index in [1.54, 1.807) is 11.3 Å². The van der Waals surface area contributed by atoms with E-state index in [2.05, 4.69) is 10.3 Å². The third-order valence-electron chi connectivity index (χ3n) is 4.74. The maximum absolute atomic E-state index is 13.1. The molecule has 2 aromatic heterocycles. The van der Waals surface area contributed by atoms with Crippen LogP contribution in [0.25, 0.3) is 9.88 Å². The first kappa shape index (κ1) is 22.2. The molecular weight excluding hydrogens is 475 g/mol. The molecule has 0 radical (unpaired) electrons. The van der Waals surface area contributed by atoms with Crippen LogP contribution >= 0.6 is 34.4 Å². The summed E-state index contributed by atoms with van der Waals surface area (Å²) in [5, 5.41) is 7.60. The quantitative estimate of drug-likeness (QED) is 0.507. The van der Waals surface area contributed by atoms with E-state index in [0.717, 1.165) is 15.6 Å². The number of benzene rings is 1. The standard InChI is InChI=1S/C20H19N3O4S4/c1-13(24)14-4-6-16(7-5-14)31(26,27)23-12-28-11-17(23)19(25)21-9-15-10-30-20(22-15)18-3-2-8-29-18/h2-8,10,17H,9,11-12H2,1H3,(H,21,25)/t17-/m1/s1. The zero-order chi connectivity index (χ0) is 22.0. The molecule has 3 heterocycles. The van der Waals surface area contributed by atoms with Gasteiger partial charge in [0.15, 0.2) is 5.78 Å². The molecule has 3 aromatic rings. The van der Waals surface area contributed by atoms with Gasteiger partial charge in [0, 0.05) is 16.7 Å². The van der Waals surface area contributed by atoms with Gasteiger partial charge >= 0.3 is 0 Å². The van der Waals surface area contributed by atoms with Crippen molar-refractivity contribution in [3.8, 4) is 9.88 Å². The lowest BCUT2D eigenvalue weighted by Gasteiger charge is -2.22. The van der Waals surface area contributed by atoms with Crippen LogP contribution in [0.1, 0.15) is 23.0 Å². The fourth-order valence-corrected chi connectivity index (χ4v) is 7.85. The summed E-state index contributed by atoms with van der Waals surface area (Å²) in [4.78, 5) is 29.9. The van der Waals surface area contributed by atoms with Crippen molar-refractivity contribution >= 4 is 56.1 Å². The van der Waals surface area contributed by atoms with Gasteiger partial charge in [0.25, 0.3) is 0 Å². The highest BCUT2D eigenvalue weighted by atomic mass is 32.2. The molecule has 0 bridgehead atoms.